The summed E-state index contributed by atoms with van der Waals surface area (Å²) in [5.41, 5.74) is 0.329. The van der Waals surface area contributed by atoms with E-state index in [9.17, 15) is 9.59 Å². The van der Waals surface area contributed by atoms with Crippen molar-refractivity contribution in [1.82, 2.24) is 10.3 Å². The van der Waals surface area contributed by atoms with E-state index in [0.29, 0.717) is 5.56 Å². The Morgan fingerprint density at radius 1 is 1.53 bits per heavy atom. The number of carbonyl (C=O) groups excluding carboxylic acids is 1. The molecule has 7 heteroatoms. The first kappa shape index (κ1) is 13.4. The van der Waals surface area contributed by atoms with E-state index in [2.05, 4.69) is 10.3 Å². The molecule has 1 rings (SSSR count). The van der Waals surface area contributed by atoms with E-state index < -0.39 is 18.0 Å². The highest BCUT2D eigenvalue weighted by atomic mass is 35.5. The number of hydrogen-bond acceptors (Lipinski definition) is 4. The van der Waals surface area contributed by atoms with Crippen LogP contribution in [-0.4, -0.2) is 39.7 Å². The molecular formula is C10H11ClN2O4. The maximum atomic E-state index is 11.5. The molecule has 6 nitrogen and oxygen atoms in total. The molecule has 92 valence electrons. The van der Waals surface area contributed by atoms with Gasteiger partial charge in [0.15, 0.2) is 6.10 Å². The number of hydrogen-bond donors (Lipinski definition) is 3. The number of carboxylic acids is 1. The number of aliphatic hydroxyl groups is 1. The predicted molar refractivity (Wildman–Crippen MR) is 59.8 cm³/mol. The molecule has 1 heterocycles. The maximum Gasteiger partial charge on any atom is 0.332 e. The molecule has 0 aliphatic carbocycles. The van der Waals surface area contributed by atoms with Crippen LogP contribution in [0.4, 0.5) is 0 Å². The van der Waals surface area contributed by atoms with Gasteiger partial charge in [0.1, 0.15) is 5.15 Å². The van der Waals surface area contributed by atoms with Crippen molar-refractivity contribution in [3.05, 3.63) is 29.0 Å². The summed E-state index contributed by atoms with van der Waals surface area (Å²) >= 11 is 5.61. The second kappa shape index (κ2) is 6.17. The van der Waals surface area contributed by atoms with Gasteiger partial charge in [0.25, 0.3) is 5.91 Å². The number of nitrogens with one attached hydrogen (secondary N) is 1. The first-order valence-corrected chi connectivity index (χ1v) is 5.19. The van der Waals surface area contributed by atoms with Crippen LogP contribution in [0, 0.1) is 0 Å². The third-order valence-electron chi connectivity index (χ3n) is 1.98. The monoisotopic (exact) mass is 258 g/mol. The number of aliphatic carboxylic acids is 1. The molecule has 0 radical (unpaired) electrons. The second-order valence-electron chi connectivity index (χ2n) is 3.27. The van der Waals surface area contributed by atoms with Crippen LogP contribution in [-0.2, 0) is 4.79 Å². The van der Waals surface area contributed by atoms with E-state index in [4.69, 9.17) is 21.8 Å². The minimum atomic E-state index is -1.48. The third-order valence-corrected chi connectivity index (χ3v) is 2.18. The Labute approximate surface area is 102 Å². The molecule has 0 aliphatic rings. The summed E-state index contributed by atoms with van der Waals surface area (Å²) in [4.78, 5) is 25.5. The Morgan fingerprint density at radius 3 is 2.82 bits per heavy atom. The molecule has 3 N–H and O–H groups in total. The summed E-state index contributed by atoms with van der Waals surface area (Å²) in [7, 11) is 0. The number of aliphatic hydroxyl groups excluding tert-OH is 1. The molecule has 0 saturated heterocycles. The van der Waals surface area contributed by atoms with E-state index in [-0.39, 0.29) is 18.1 Å². The highest BCUT2D eigenvalue weighted by molar-refractivity contribution is 6.29. The van der Waals surface area contributed by atoms with Crippen LogP contribution >= 0.6 is 11.6 Å². The van der Waals surface area contributed by atoms with Crippen molar-refractivity contribution >= 4 is 23.5 Å². The van der Waals surface area contributed by atoms with Gasteiger partial charge in [-0.3, -0.25) is 4.79 Å². The van der Waals surface area contributed by atoms with E-state index in [1.807, 2.05) is 0 Å². The Bertz CT molecular complexity index is 425. The lowest BCUT2D eigenvalue weighted by molar-refractivity contribution is -0.146. The number of aromatic nitrogens is 1. The highest BCUT2D eigenvalue weighted by Gasteiger charge is 2.13. The third kappa shape index (κ3) is 4.38. The number of carbonyl (C=O) groups is 2. The zero-order valence-electron chi connectivity index (χ0n) is 8.76. The fourth-order valence-electron chi connectivity index (χ4n) is 1.09. The van der Waals surface area contributed by atoms with Gasteiger partial charge >= 0.3 is 5.97 Å². The van der Waals surface area contributed by atoms with E-state index in [1.54, 1.807) is 0 Å². The van der Waals surface area contributed by atoms with Crippen LogP contribution in [0.3, 0.4) is 0 Å². The maximum absolute atomic E-state index is 11.5. The zero-order valence-corrected chi connectivity index (χ0v) is 9.52. The molecule has 0 aromatic carbocycles. The molecule has 1 aromatic rings. The molecular weight excluding hydrogens is 248 g/mol. The normalized spacial score (nSPS) is 11.9. The lowest BCUT2D eigenvalue weighted by Crippen LogP contribution is -2.30. The Hall–Kier alpha value is -1.66. The van der Waals surface area contributed by atoms with Gasteiger partial charge in [-0.2, -0.15) is 0 Å². The average molecular weight is 259 g/mol. The fraction of sp³-hybridized carbons (Fsp3) is 0.300. The SMILES string of the molecule is O=C(NCCC(O)C(=O)O)c1ccnc(Cl)c1. The largest absolute Gasteiger partial charge is 0.479 e. The smallest absolute Gasteiger partial charge is 0.332 e. The van der Waals surface area contributed by atoms with Crippen LogP contribution in [0.2, 0.25) is 5.15 Å². The lowest BCUT2D eigenvalue weighted by atomic mass is 10.2. The van der Waals surface area contributed by atoms with Gasteiger partial charge in [0.2, 0.25) is 0 Å². The molecule has 1 atom stereocenters. The Morgan fingerprint density at radius 2 is 2.24 bits per heavy atom. The molecule has 0 bridgehead atoms. The molecule has 0 fully saturated rings. The summed E-state index contributed by atoms with van der Waals surface area (Å²) in [6.07, 6.45) is -0.139. The molecule has 1 unspecified atom stereocenters. The van der Waals surface area contributed by atoms with Gasteiger partial charge in [0.05, 0.1) is 0 Å². The lowest BCUT2D eigenvalue weighted by Gasteiger charge is -2.07. The standard InChI is InChI=1S/C10H11ClN2O4/c11-8-5-6(1-3-12-8)9(15)13-4-2-7(14)10(16)17/h1,3,5,7,14H,2,4H2,(H,13,15)(H,16,17). The van der Waals surface area contributed by atoms with Crippen molar-refractivity contribution in [2.75, 3.05) is 6.54 Å². The van der Waals surface area contributed by atoms with E-state index >= 15 is 0 Å². The van der Waals surface area contributed by atoms with Crippen molar-refractivity contribution in [3.8, 4) is 0 Å². The summed E-state index contributed by atoms with van der Waals surface area (Å²) in [6, 6.07) is 2.87. The molecule has 0 saturated carbocycles. The highest BCUT2D eigenvalue weighted by Crippen LogP contribution is 2.06. The molecule has 1 amide bonds. The van der Waals surface area contributed by atoms with Gasteiger partial charge in [-0.1, -0.05) is 11.6 Å². The summed E-state index contributed by atoms with van der Waals surface area (Å²) in [6.45, 7) is 0.0617. The van der Waals surface area contributed by atoms with Gasteiger partial charge in [-0.15, -0.1) is 0 Å². The van der Waals surface area contributed by atoms with Crippen molar-refractivity contribution in [2.45, 2.75) is 12.5 Å². The number of carboxylic acid groups (broad SMARTS) is 1. The number of rotatable bonds is 5. The molecule has 17 heavy (non-hydrogen) atoms. The molecule has 1 aromatic heterocycles. The predicted octanol–water partition coefficient (Wildman–Crippen LogP) is 0.300. The molecule has 0 aliphatic heterocycles. The van der Waals surface area contributed by atoms with E-state index in [1.165, 1.54) is 18.3 Å². The number of halogens is 1. The van der Waals surface area contributed by atoms with Crippen molar-refractivity contribution in [3.63, 3.8) is 0 Å². The summed E-state index contributed by atoms with van der Waals surface area (Å²) in [5.74, 6) is -1.71. The second-order valence-corrected chi connectivity index (χ2v) is 3.65. The van der Waals surface area contributed by atoms with Crippen molar-refractivity contribution in [1.29, 1.82) is 0 Å². The first-order valence-electron chi connectivity index (χ1n) is 4.81. The number of nitrogens with zero attached hydrogens (tertiary/aromatic N) is 1. The Balaban J connectivity index is 2.43. The minimum Gasteiger partial charge on any atom is -0.479 e. The zero-order chi connectivity index (χ0) is 12.8. The van der Waals surface area contributed by atoms with Crippen LogP contribution in [0.25, 0.3) is 0 Å². The quantitative estimate of drug-likeness (QED) is 0.660. The van der Waals surface area contributed by atoms with Crippen LogP contribution in [0.5, 0.6) is 0 Å². The topological polar surface area (TPSA) is 99.5 Å². The number of amides is 1. The van der Waals surface area contributed by atoms with Crippen molar-refractivity contribution < 1.29 is 19.8 Å². The van der Waals surface area contributed by atoms with Crippen LogP contribution < -0.4 is 5.32 Å². The van der Waals surface area contributed by atoms with Gasteiger partial charge in [-0.05, 0) is 12.1 Å². The van der Waals surface area contributed by atoms with Crippen LogP contribution in [0.15, 0.2) is 18.3 Å². The fourth-order valence-corrected chi connectivity index (χ4v) is 1.27. The number of pyridine rings is 1. The summed E-state index contributed by atoms with van der Waals surface area (Å²) < 4.78 is 0. The van der Waals surface area contributed by atoms with E-state index in [0.717, 1.165) is 0 Å². The first-order chi connectivity index (χ1) is 8.00. The van der Waals surface area contributed by atoms with Gasteiger partial charge < -0.3 is 15.5 Å². The Kier molecular flexibility index (Phi) is 4.86. The summed E-state index contributed by atoms with van der Waals surface area (Å²) in [5, 5.41) is 20.0. The van der Waals surface area contributed by atoms with Gasteiger partial charge in [0, 0.05) is 24.7 Å². The van der Waals surface area contributed by atoms with Crippen molar-refractivity contribution in [2.24, 2.45) is 0 Å². The van der Waals surface area contributed by atoms with Gasteiger partial charge in [-0.25, -0.2) is 9.78 Å². The molecule has 0 spiro atoms. The average Bonchev–Trinajstić information content (AvgIpc) is 2.28. The minimum absolute atomic E-state index is 0.0557. The van der Waals surface area contributed by atoms with Crippen LogP contribution in [0.1, 0.15) is 16.8 Å².